The number of carbonyl (C=O) groups excluding carboxylic acids is 2. The second kappa shape index (κ2) is 30.0. The van der Waals surface area contributed by atoms with Crippen LogP contribution in [0.15, 0.2) is 24.3 Å². The summed E-state index contributed by atoms with van der Waals surface area (Å²) in [5, 5.41) is 0. The topological polar surface area (TPSA) is 89.5 Å². The molecule has 0 saturated heterocycles. The van der Waals surface area contributed by atoms with Crippen LogP contribution in [0.25, 0.3) is 0 Å². The highest BCUT2D eigenvalue weighted by Gasteiger charge is 2.47. The Morgan fingerprint density at radius 3 is 1.30 bits per heavy atom. The van der Waals surface area contributed by atoms with Gasteiger partial charge in [0.25, 0.3) is 9.28 Å². The first-order chi connectivity index (χ1) is 16.4. The Morgan fingerprint density at radius 2 is 0.979 bits per heavy atom. The van der Waals surface area contributed by atoms with Gasteiger partial charge in [0.15, 0.2) is 0 Å². The molecule has 0 aliphatic carbocycles. The van der Waals surface area contributed by atoms with Crippen LogP contribution in [0.5, 0.6) is 0 Å². The van der Waals surface area contributed by atoms with Crippen molar-refractivity contribution >= 4 is 55.0 Å². The molecule has 0 N–H and O–H groups in total. The average Bonchev–Trinajstić information content (AvgIpc) is 2.66. The molecular weight excluding hydrogens is 698 g/mol. The number of hydrogen-bond donors (Lipinski definition) is 0. The fourth-order valence-corrected chi connectivity index (χ4v) is 23.7. The van der Waals surface area contributed by atoms with Gasteiger partial charge < -0.3 is 25.9 Å². The summed E-state index contributed by atoms with van der Waals surface area (Å²) in [5.74, 6) is -1.08. The normalized spacial score (nSPS) is 12.2. The largest absolute Gasteiger partial charge is 0.463 e. The molecule has 0 aromatic rings. The van der Waals surface area contributed by atoms with Gasteiger partial charge in [0.2, 0.25) is 16.6 Å². The van der Waals surface area contributed by atoms with Gasteiger partial charge in [0.1, 0.15) is 12.5 Å². The first kappa shape index (κ1) is 76.1. The minimum absolute atomic E-state index is 0. The van der Waals surface area contributed by atoms with Crippen molar-refractivity contribution in [1.29, 1.82) is 0 Å². The number of carbonyl (C=O) groups is 2. The highest BCUT2D eigenvalue weighted by molar-refractivity contribution is 6.88. The maximum atomic E-state index is 13.1. The highest BCUT2D eigenvalue weighted by atomic mass is 28.5. The highest BCUT2D eigenvalue weighted by Crippen LogP contribution is 2.32. The Bertz CT molecular complexity index is 842. The molecule has 0 bridgehead atoms. The maximum Gasteiger partial charge on any atom is 0.389 e. The Labute approximate surface area is 298 Å². The zero-order valence-corrected chi connectivity index (χ0v) is 28.9. The van der Waals surface area contributed by atoms with Crippen molar-refractivity contribution in [1.82, 2.24) is 0 Å². The number of esters is 2. The fourth-order valence-electron chi connectivity index (χ4n) is 3.28. The van der Waals surface area contributed by atoms with Gasteiger partial charge in [-0.3, -0.25) is 0 Å². The molecule has 0 heterocycles. The molecular formula is C31H83F3O8Si5. The van der Waals surface area contributed by atoms with E-state index in [9.17, 15) is 22.8 Å². The number of rotatable bonds is 16. The molecule has 0 fully saturated rings. The number of alkyl halides is 3. The molecule has 0 aromatic carbocycles. The molecule has 0 spiro atoms. The van der Waals surface area contributed by atoms with E-state index in [4.69, 9.17) is 25.9 Å². The van der Waals surface area contributed by atoms with Crippen LogP contribution in [0.3, 0.4) is 0 Å². The third kappa shape index (κ3) is 36.2. The van der Waals surface area contributed by atoms with Gasteiger partial charge in [-0.2, -0.15) is 13.2 Å². The van der Waals surface area contributed by atoms with E-state index in [0.717, 1.165) is 0 Å². The predicted molar refractivity (Wildman–Crippen MR) is 216 cm³/mol. The molecule has 0 amide bonds. The smallest absolute Gasteiger partial charge is 0.389 e. The Morgan fingerprint density at radius 1 is 0.638 bits per heavy atom. The van der Waals surface area contributed by atoms with Gasteiger partial charge in [0, 0.05) is 17.6 Å². The van der Waals surface area contributed by atoms with Gasteiger partial charge in [-0.15, -0.1) is 0 Å². The lowest BCUT2D eigenvalue weighted by Crippen LogP contribution is -2.58. The average molecular weight is 781 g/mol. The van der Waals surface area contributed by atoms with E-state index < -0.39 is 67.6 Å². The first-order valence-electron chi connectivity index (χ1n) is 11.9. The molecule has 8 nitrogen and oxygen atoms in total. The summed E-state index contributed by atoms with van der Waals surface area (Å²) < 4.78 is 74.9. The van der Waals surface area contributed by atoms with Crippen molar-refractivity contribution in [3.05, 3.63) is 24.3 Å². The molecule has 0 aromatic heterocycles. The van der Waals surface area contributed by atoms with E-state index in [1.807, 2.05) is 13.1 Å². The molecule has 0 aliphatic heterocycles. The van der Waals surface area contributed by atoms with Gasteiger partial charge in [-0.25, -0.2) is 9.59 Å². The van der Waals surface area contributed by atoms with Crippen molar-refractivity contribution in [2.45, 2.75) is 159 Å². The zero-order chi connectivity index (χ0) is 29.5. The number of ether oxygens (including phenoxy) is 2. The SMILES string of the molecule is C.C.C.C.C.C.C.C.C.C.C=C(C)C(=O)OC[Si](C)(C)O[SiH](C)O[Si](C)(C)O[Si](C)(CCC(F)(F)F)O[Si](C)(C)COC(=O)C(=C)C. The fraction of sp³-hybridized carbons (Fsp3) is 0.806. The third-order valence-electron chi connectivity index (χ3n) is 4.55. The summed E-state index contributed by atoms with van der Waals surface area (Å²) in [5.41, 5.74) is 0.511. The van der Waals surface area contributed by atoms with Crippen molar-refractivity contribution in [2.24, 2.45) is 0 Å². The van der Waals surface area contributed by atoms with Gasteiger partial charge in [0.05, 0.1) is 0 Å². The summed E-state index contributed by atoms with van der Waals surface area (Å²) in [6.07, 6.45) is -5.37. The quantitative estimate of drug-likeness (QED) is 0.0869. The Hall–Kier alpha value is -0.866. The molecule has 16 heteroatoms. The summed E-state index contributed by atoms with van der Waals surface area (Å²) >= 11 is 0. The summed E-state index contributed by atoms with van der Waals surface area (Å²) in [7, 11) is -14.0. The molecule has 47 heavy (non-hydrogen) atoms. The molecule has 0 aliphatic rings. The van der Waals surface area contributed by atoms with Crippen molar-refractivity contribution in [3.8, 4) is 0 Å². The number of hydrogen-bond acceptors (Lipinski definition) is 8. The van der Waals surface area contributed by atoms with Gasteiger partial charge in [-0.1, -0.05) is 87.4 Å². The Kier molecular flexibility index (Phi) is 48.6. The van der Waals surface area contributed by atoms with Crippen LogP contribution < -0.4 is 0 Å². The molecule has 0 saturated carbocycles. The minimum atomic E-state index is -4.38. The predicted octanol–water partition coefficient (Wildman–Crippen LogP) is 11.7. The molecule has 2 atom stereocenters. The van der Waals surface area contributed by atoms with Crippen LogP contribution in [0.4, 0.5) is 13.2 Å². The summed E-state index contributed by atoms with van der Waals surface area (Å²) in [4.78, 5) is 23.5. The van der Waals surface area contributed by atoms with Crippen LogP contribution in [0.1, 0.15) is 94.5 Å². The molecule has 296 valence electrons. The van der Waals surface area contributed by atoms with E-state index in [2.05, 4.69) is 13.2 Å². The Balaban J connectivity index is -0.000000144. The number of halogens is 3. The van der Waals surface area contributed by atoms with E-state index in [-0.39, 0.29) is 104 Å². The monoisotopic (exact) mass is 780 g/mol. The van der Waals surface area contributed by atoms with E-state index in [0.29, 0.717) is 0 Å². The van der Waals surface area contributed by atoms with Crippen LogP contribution in [0.2, 0.25) is 58.4 Å². The van der Waals surface area contributed by atoms with Crippen LogP contribution in [-0.2, 0) is 35.5 Å². The maximum absolute atomic E-state index is 13.1. The van der Waals surface area contributed by atoms with Crippen molar-refractivity contribution in [2.75, 3.05) is 12.5 Å². The second-order valence-electron chi connectivity index (χ2n) is 10.9. The summed E-state index contributed by atoms with van der Waals surface area (Å²) in [6.45, 7) is 24.3. The minimum Gasteiger partial charge on any atom is -0.463 e. The lowest BCUT2D eigenvalue weighted by Gasteiger charge is -2.41. The lowest BCUT2D eigenvalue weighted by molar-refractivity contribution is -0.138. The first-order valence-corrected chi connectivity index (χ1v) is 25.5. The molecule has 0 rings (SSSR count). The van der Waals surface area contributed by atoms with E-state index in [1.54, 1.807) is 46.2 Å². The third-order valence-corrected chi connectivity index (χ3v) is 22.5. The van der Waals surface area contributed by atoms with Crippen molar-refractivity contribution in [3.63, 3.8) is 0 Å². The zero-order valence-electron chi connectivity index (χ0n) is 23.7. The van der Waals surface area contributed by atoms with E-state index in [1.165, 1.54) is 6.92 Å². The second-order valence-corrected chi connectivity index (χ2v) is 28.7. The van der Waals surface area contributed by atoms with E-state index >= 15 is 0 Å². The van der Waals surface area contributed by atoms with Gasteiger partial charge in [-0.05, 0) is 72.3 Å². The van der Waals surface area contributed by atoms with Crippen LogP contribution in [0, 0.1) is 0 Å². The molecule has 0 radical (unpaired) electrons. The van der Waals surface area contributed by atoms with Crippen LogP contribution >= 0.6 is 0 Å². The molecule has 2 unspecified atom stereocenters. The van der Waals surface area contributed by atoms with Gasteiger partial charge >= 0.3 is 35.2 Å². The van der Waals surface area contributed by atoms with Crippen LogP contribution in [-0.4, -0.2) is 73.6 Å². The lowest BCUT2D eigenvalue weighted by atomic mass is 10.4. The standard InChI is InChI=1S/C21H43F3O8Si5.10CH4/c1-17(2)19(25)27-15-34(6,7)29-33(5)30-36(10,11)32-37(12,14-13-21(22,23)24)31-35(8,9)16-28-20(26)18(3)4;;;;;;;;;;/h33H,1,3,13-16H2,2,4-12H3;10*1H4. The van der Waals surface area contributed by atoms with Crippen molar-refractivity contribution < 1.29 is 48.7 Å². The summed E-state index contributed by atoms with van der Waals surface area (Å²) in [6, 6.07) is -0.324.